The highest BCUT2D eigenvalue weighted by Crippen LogP contribution is 2.19. The van der Waals surface area contributed by atoms with Crippen LogP contribution in [0, 0.1) is 5.92 Å². The highest BCUT2D eigenvalue weighted by Gasteiger charge is 2.26. The molecule has 1 rings (SSSR count). The Bertz CT molecular complexity index is 488. The van der Waals surface area contributed by atoms with Crippen LogP contribution in [0.2, 0.25) is 0 Å². The van der Waals surface area contributed by atoms with Crippen LogP contribution in [0.15, 0.2) is 28.7 Å². The van der Waals surface area contributed by atoms with Crippen LogP contribution in [0.25, 0.3) is 0 Å². The van der Waals surface area contributed by atoms with Crippen molar-refractivity contribution in [2.24, 2.45) is 5.92 Å². The molecule has 0 aliphatic carbocycles. The second-order valence-corrected chi connectivity index (χ2v) is 6.76. The first-order chi connectivity index (χ1) is 9.71. The third-order valence-corrected chi connectivity index (χ3v) is 3.29. The smallest absolute Gasteiger partial charge is 0.309 e. The van der Waals surface area contributed by atoms with E-state index in [-0.39, 0.29) is 6.42 Å². The van der Waals surface area contributed by atoms with Crippen molar-refractivity contribution in [3.63, 3.8) is 0 Å². The van der Waals surface area contributed by atoms with Crippen molar-refractivity contribution in [2.45, 2.75) is 39.2 Å². The summed E-state index contributed by atoms with van der Waals surface area (Å²) in [6.07, 6.45) is 0.458. The van der Waals surface area contributed by atoms with Gasteiger partial charge in [-0.2, -0.15) is 0 Å². The van der Waals surface area contributed by atoms with Gasteiger partial charge in [0.05, 0.1) is 19.4 Å². The van der Waals surface area contributed by atoms with Crippen molar-refractivity contribution in [1.82, 2.24) is 0 Å². The SMILES string of the molecule is COC(=O)[C@@H](CC(=O)OC(C)(C)C)Cc1ccc(Br)cc1. The fourth-order valence-electron chi connectivity index (χ4n) is 1.89. The Morgan fingerprint density at radius 2 is 1.76 bits per heavy atom. The van der Waals surface area contributed by atoms with Crippen molar-refractivity contribution in [2.75, 3.05) is 7.11 Å². The molecule has 0 unspecified atom stereocenters. The first-order valence-electron chi connectivity index (χ1n) is 6.75. The molecule has 0 fully saturated rings. The zero-order chi connectivity index (χ0) is 16.0. The Morgan fingerprint density at radius 3 is 2.24 bits per heavy atom. The van der Waals surface area contributed by atoms with Crippen molar-refractivity contribution in [3.8, 4) is 0 Å². The van der Waals surface area contributed by atoms with Crippen LogP contribution in [-0.4, -0.2) is 24.6 Å². The first-order valence-corrected chi connectivity index (χ1v) is 7.54. The lowest BCUT2D eigenvalue weighted by Crippen LogP contribution is -2.28. The monoisotopic (exact) mass is 356 g/mol. The molecule has 0 heterocycles. The van der Waals surface area contributed by atoms with Gasteiger partial charge in [0.15, 0.2) is 0 Å². The average molecular weight is 357 g/mol. The van der Waals surface area contributed by atoms with E-state index in [4.69, 9.17) is 9.47 Å². The summed E-state index contributed by atoms with van der Waals surface area (Å²) in [4.78, 5) is 23.7. The van der Waals surface area contributed by atoms with Crippen LogP contribution in [0.5, 0.6) is 0 Å². The van der Waals surface area contributed by atoms with Gasteiger partial charge in [-0.3, -0.25) is 9.59 Å². The minimum Gasteiger partial charge on any atom is -0.469 e. The lowest BCUT2D eigenvalue weighted by molar-refractivity contribution is -0.160. The molecule has 1 aromatic carbocycles. The summed E-state index contributed by atoms with van der Waals surface area (Å²) in [5.41, 5.74) is 0.409. The molecular formula is C16H21BrO4. The molecule has 0 saturated carbocycles. The van der Waals surface area contributed by atoms with Gasteiger partial charge < -0.3 is 9.47 Å². The van der Waals surface area contributed by atoms with Crippen LogP contribution in [0.3, 0.4) is 0 Å². The molecule has 5 heteroatoms. The molecule has 0 aliphatic rings. The Labute approximate surface area is 133 Å². The number of carbonyl (C=O) groups excluding carboxylic acids is 2. The molecular weight excluding hydrogens is 336 g/mol. The fraction of sp³-hybridized carbons (Fsp3) is 0.500. The van der Waals surface area contributed by atoms with E-state index in [2.05, 4.69) is 15.9 Å². The summed E-state index contributed by atoms with van der Waals surface area (Å²) in [7, 11) is 1.33. The molecule has 0 aromatic heterocycles. The highest BCUT2D eigenvalue weighted by molar-refractivity contribution is 9.10. The van der Waals surface area contributed by atoms with Crippen molar-refractivity contribution in [3.05, 3.63) is 34.3 Å². The van der Waals surface area contributed by atoms with Gasteiger partial charge in [-0.05, 0) is 44.9 Å². The van der Waals surface area contributed by atoms with E-state index >= 15 is 0 Å². The maximum atomic E-state index is 11.9. The second kappa shape index (κ2) is 7.59. The van der Waals surface area contributed by atoms with Crippen LogP contribution in [-0.2, 0) is 25.5 Å². The molecule has 0 amide bonds. The summed E-state index contributed by atoms with van der Waals surface area (Å²) >= 11 is 3.36. The quantitative estimate of drug-likeness (QED) is 0.757. The third-order valence-electron chi connectivity index (χ3n) is 2.76. The van der Waals surface area contributed by atoms with E-state index in [1.54, 1.807) is 20.8 Å². The van der Waals surface area contributed by atoms with E-state index in [0.29, 0.717) is 6.42 Å². The predicted octanol–water partition coefficient (Wildman–Crippen LogP) is 3.51. The first kappa shape index (κ1) is 17.7. The summed E-state index contributed by atoms with van der Waals surface area (Å²) < 4.78 is 11.0. The summed E-state index contributed by atoms with van der Waals surface area (Å²) in [6, 6.07) is 7.62. The van der Waals surface area contributed by atoms with Crippen LogP contribution in [0.4, 0.5) is 0 Å². The zero-order valence-electron chi connectivity index (χ0n) is 12.8. The van der Waals surface area contributed by atoms with Crippen LogP contribution in [0.1, 0.15) is 32.8 Å². The third kappa shape index (κ3) is 6.76. The molecule has 0 spiro atoms. The van der Waals surface area contributed by atoms with Gasteiger partial charge in [-0.1, -0.05) is 28.1 Å². The van der Waals surface area contributed by atoms with Gasteiger partial charge in [-0.15, -0.1) is 0 Å². The van der Waals surface area contributed by atoms with E-state index in [9.17, 15) is 9.59 Å². The summed E-state index contributed by atoms with van der Waals surface area (Å²) in [5, 5.41) is 0. The van der Waals surface area contributed by atoms with E-state index in [1.165, 1.54) is 7.11 Å². The Hall–Kier alpha value is -1.36. The average Bonchev–Trinajstić information content (AvgIpc) is 2.37. The van der Waals surface area contributed by atoms with Gasteiger partial charge in [-0.25, -0.2) is 0 Å². The Kier molecular flexibility index (Phi) is 6.40. The lowest BCUT2D eigenvalue weighted by Gasteiger charge is -2.21. The Morgan fingerprint density at radius 1 is 1.19 bits per heavy atom. The number of rotatable bonds is 5. The molecule has 1 aromatic rings. The minimum absolute atomic E-state index is 0.0139. The molecule has 0 aliphatic heterocycles. The topological polar surface area (TPSA) is 52.6 Å². The number of benzene rings is 1. The maximum Gasteiger partial charge on any atom is 0.309 e. The molecule has 0 N–H and O–H groups in total. The van der Waals surface area contributed by atoms with Gasteiger partial charge in [0.1, 0.15) is 5.60 Å². The second-order valence-electron chi connectivity index (χ2n) is 5.84. The van der Waals surface area contributed by atoms with Gasteiger partial charge in [0, 0.05) is 4.47 Å². The van der Waals surface area contributed by atoms with Crippen molar-refractivity contribution >= 4 is 27.9 Å². The number of methoxy groups -OCH3 is 1. The number of carbonyl (C=O) groups is 2. The minimum atomic E-state index is -0.560. The predicted molar refractivity (Wildman–Crippen MR) is 83.8 cm³/mol. The van der Waals surface area contributed by atoms with Crippen molar-refractivity contribution in [1.29, 1.82) is 0 Å². The van der Waals surface area contributed by atoms with Crippen LogP contribution >= 0.6 is 15.9 Å². The van der Waals surface area contributed by atoms with Gasteiger partial charge in [0.25, 0.3) is 0 Å². The molecule has 0 radical (unpaired) electrons. The van der Waals surface area contributed by atoms with E-state index in [1.807, 2.05) is 24.3 Å². The number of halogens is 1. The largest absolute Gasteiger partial charge is 0.469 e. The molecule has 4 nitrogen and oxygen atoms in total. The summed E-state index contributed by atoms with van der Waals surface area (Å²) in [5.74, 6) is -1.33. The Balaban J connectivity index is 2.74. The number of ether oxygens (including phenoxy) is 2. The number of hydrogen-bond donors (Lipinski definition) is 0. The standard InChI is InChI=1S/C16H21BrO4/c1-16(2,3)21-14(18)10-12(15(19)20-4)9-11-5-7-13(17)8-6-11/h5-8,12H,9-10H2,1-4H3/t12-/m1/s1. The summed E-state index contributed by atoms with van der Waals surface area (Å²) in [6.45, 7) is 5.40. The van der Waals surface area contributed by atoms with Crippen molar-refractivity contribution < 1.29 is 19.1 Å². The number of hydrogen-bond acceptors (Lipinski definition) is 4. The van der Waals surface area contributed by atoms with E-state index < -0.39 is 23.5 Å². The molecule has 0 bridgehead atoms. The van der Waals surface area contributed by atoms with Gasteiger partial charge in [0.2, 0.25) is 0 Å². The number of esters is 2. The highest BCUT2D eigenvalue weighted by atomic mass is 79.9. The van der Waals surface area contributed by atoms with Crippen LogP contribution < -0.4 is 0 Å². The maximum absolute atomic E-state index is 11.9. The fourth-order valence-corrected chi connectivity index (χ4v) is 2.16. The van der Waals surface area contributed by atoms with E-state index in [0.717, 1.165) is 10.0 Å². The molecule has 0 saturated heterocycles. The normalized spacial score (nSPS) is 12.6. The lowest BCUT2D eigenvalue weighted by atomic mass is 9.96. The molecule has 21 heavy (non-hydrogen) atoms. The zero-order valence-corrected chi connectivity index (χ0v) is 14.4. The molecule has 1 atom stereocenters. The van der Waals surface area contributed by atoms with Gasteiger partial charge >= 0.3 is 11.9 Å². The molecule has 116 valence electrons.